The van der Waals surface area contributed by atoms with Gasteiger partial charge in [0.25, 0.3) is 5.91 Å². The smallest absolute Gasteiger partial charge is 0.254 e. The van der Waals surface area contributed by atoms with Crippen LogP contribution in [0.1, 0.15) is 43.0 Å². The van der Waals surface area contributed by atoms with E-state index in [0.717, 1.165) is 19.4 Å². The molecular weight excluding hydrogens is 282 g/mol. The van der Waals surface area contributed by atoms with Crippen molar-refractivity contribution in [1.29, 1.82) is 0 Å². The Bertz CT molecular complexity index is 541. The number of hydrogen-bond donors (Lipinski definition) is 3. The van der Waals surface area contributed by atoms with Crippen molar-refractivity contribution in [3.05, 3.63) is 11.8 Å². The highest BCUT2D eigenvalue weighted by molar-refractivity contribution is 5.97. The zero-order chi connectivity index (χ0) is 15.5. The van der Waals surface area contributed by atoms with Crippen LogP contribution in [0.2, 0.25) is 0 Å². The first-order chi connectivity index (χ1) is 10.6. The average Bonchev–Trinajstić information content (AvgIpc) is 3.33. The quantitative estimate of drug-likeness (QED) is 0.734. The zero-order valence-corrected chi connectivity index (χ0v) is 12.8. The maximum atomic E-state index is 11.6. The Morgan fingerprint density at radius 1 is 1.45 bits per heavy atom. The summed E-state index contributed by atoms with van der Waals surface area (Å²) >= 11 is 0. The number of carbonyl (C=O) groups is 1. The molecule has 0 spiro atoms. The number of anilines is 2. The lowest BCUT2D eigenvalue weighted by Gasteiger charge is -2.23. The molecule has 1 aromatic heterocycles. The van der Waals surface area contributed by atoms with E-state index in [-0.39, 0.29) is 12.1 Å². The fraction of sp³-hybridized carbons (Fsp3) is 0.667. The van der Waals surface area contributed by atoms with Crippen molar-refractivity contribution in [3.8, 4) is 0 Å². The van der Waals surface area contributed by atoms with Crippen LogP contribution in [0, 0.1) is 5.92 Å². The molecular formula is C15H23N5O2. The zero-order valence-electron chi connectivity index (χ0n) is 12.8. The van der Waals surface area contributed by atoms with E-state index in [1.807, 2.05) is 0 Å². The summed E-state index contributed by atoms with van der Waals surface area (Å²) in [5.41, 5.74) is 5.75. The Morgan fingerprint density at radius 2 is 2.27 bits per heavy atom. The molecule has 1 unspecified atom stereocenters. The number of primary amides is 1. The van der Waals surface area contributed by atoms with E-state index in [9.17, 15) is 4.79 Å². The summed E-state index contributed by atoms with van der Waals surface area (Å²) in [4.78, 5) is 20.2. The number of hydrogen-bond acceptors (Lipinski definition) is 6. The van der Waals surface area contributed by atoms with Gasteiger partial charge in [0.05, 0.1) is 18.2 Å². The Hall–Kier alpha value is -1.89. The monoisotopic (exact) mass is 305 g/mol. The number of ether oxygens (including phenoxy) is 1. The molecule has 3 rings (SSSR count). The molecule has 1 aliphatic carbocycles. The number of rotatable bonds is 6. The van der Waals surface area contributed by atoms with Gasteiger partial charge in [-0.05, 0) is 38.5 Å². The normalized spacial score (nSPS) is 22.9. The van der Waals surface area contributed by atoms with Gasteiger partial charge in [-0.2, -0.15) is 4.98 Å². The van der Waals surface area contributed by atoms with E-state index in [1.165, 1.54) is 19.0 Å². The first-order valence-corrected chi connectivity index (χ1v) is 7.91. The average molecular weight is 305 g/mol. The lowest BCUT2D eigenvalue weighted by Crippen LogP contribution is -2.31. The third-order valence-electron chi connectivity index (χ3n) is 4.24. The molecule has 1 saturated carbocycles. The maximum Gasteiger partial charge on any atom is 0.254 e. The van der Waals surface area contributed by atoms with Crippen molar-refractivity contribution >= 4 is 17.7 Å². The molecule has 1 aliphatic heterocycles. The van der Waals surface area contributed by atoms with Crippen LogP contribution in [0.3, 0.4) is 0 Å². The van der Waals surface area contributed by atoms with Crippen molar-refractivity contribution in [2.75, 3.05) is 23.8 Å². The van der Waals surface area contributed by atoms with Gasteiger partial charge in [-0.15, -0.1) is 0 Å². The Labute approximate surface area is 130 Å². The lowest BCUT2D eigenvalue weighted by molar-refractivity contribution is 0.0874. The Kier molecular flexibility index (Phi) is 4.42. The van der Waals surface area contributed by atoms with Gasteiger partial charge >= 0.3 is 0 Å². The molecule has 1 aromatic rings. The number of nitrogens with one attached hydrogen (secondary N) is 2. The van der Waals surface area contributed by atoms with Crippen LogP contribution in [0.25, 0.3) is 0 Å². The lowest BCUT2D eigenvalue weighted by atomic mass is 10.1. The summed E-state index contributed by atoms with van der Waals surface area (Å²) in [6.45, 7) is 3.57. The summed E-state index contributed by atoms with van der Waals surface area (Å²) in [5.74, 6) is 1.16. The minimum Gasteiger partial charge on any atom is -0.379 e. The van der Waals surface area contributed by atoms with Crippen LogP contribution in [-0.4, -0.2) is 41.2 Å². The molecule has 22 heavy (non-hydrogen) atoms. The largest absolute Gasteiger partial charge is 0.379 e. The Balaban J connectivity index is 1.74. The van der Waals surface area contributed by atoms with Gasteiger partial charge in [-0.1, -0.05) is 0 Å². The maximum absolute atomic E-state index is 11.6. The Morgan fingerprint density at radius 3 is 2.91 bits per heavy atom. The molecule has 2 fully saturated rings. The minimum absolute atomic E-state index is 0.210. The van der Waals surface area contributed by atoms with Crippen LogP contribution < -0.4 is 16.4 Å². The summed E-state index contributed by atoms with van der Waals surface area (Å²) in [5, 5.41) is 6.57. The van der Waals surface area contributed by atoms with E-state index in [2.05, 4.69) is 27.5 Å². The van der Waals surface area contributed by atoms with Gasteiger partial charge < -0.3 is 21.1 Å². The van der Waals surface area contributed by atoms with E-state index in [4.69, 9.17) is 10.5 Å². The number of aromatic nitrogens is 2. The van der Waals surface area contributed by atoms with Crippen molar-refractivity contribution in [2.45, 2.75) is 44.7 Å². The third kappa shape index (κ3) is 3.65. The van der Waals surface area contributed by atoms with Crippen LogP contribution >= 0.6 is 0 Å². The summed E-state index contributed by atoms with van der Waals surface area (Å²) in [6, 6.07) is 0.487. The molecule has 2 atom stereocenters. The van der Waals surface area contributed by atoms with E-state index < -0.39 is 5.91 Å². The van der Waals surface area contributed by atoms with Crippen LogP contribution in [0.4, 0.5) is 11.8 Å². The molecule has 120 valence electrons. The topological polar surface area (TPSA) is 102 Å². The summed E-state index contributed by atoms with van der Waals surface area (Å²) < 4.78 is 5.44. The number of carbonyl (C=O) groups excluding carboxylic acids is 1. The predicted octanol–water partition coefficient (Wildman–Crippen LogP) is 1.38. The SMILES string of the molecule is C[C@@H](Nc1nc(NC2CCCOC2)ncc1C(N)=O)C1CC1. The standard InChI is InChI=1S/C15H23N5O2/c1-9(10-4-5-10)18-14-12(13(16)21)7-17-15(20-14)19-11-3-2-6-22-8-11/h7,9-11H,2-6,8H2,1H3,(H2,16,21)(H2,17,18,19,20)/t9-,11?/m1/s1. The number of nitrogens with zero attached hydrogens (tertiary/aromatic N) is 2. The second-order valence-electron chi connectivity index (χ2n) is 6.15. The van der Waals surface area contributed by atoms with Gasteiger partial charge in [-0.25, -0.2) is 4.98 Å². The van der Waals surface area contributed by atoms with Crippen molar-refractivity contribution in [2.24, 2.45) is 11.7 Å². The van der Waals surface area contributed by atoms with Gasteiger partial charge in [0.15, 0.2) is 0 Å². The molecule has 0 bridgehead atoms. The molecule has 2 heterocycles. The molecule has 0 radical (unpaired) electrons. The fourth-order valence-corrected chi connectivity index (χ4v) is 2.71. The minimum atomic E-state index is -0.516. The van der Waals surface area contributed by atoms with E-state index in [0.29, 0.717) is 29.9 Å². The molecule has 7 heteroatoms. The summed E-state index contributed by atoms with van der Waals surface area (Å²) in [6.07, 6.45) is 5.98. The van der Waals surface area contributed by atoms with Gasteiger partial charge in [0.2, 0.25) is 5.95 Å². The van der Waals surface area contributed by atoms with E-state index >= 15 is 0 Å². The molecule has 7 nitrogen and oxygen atoms in total. The van der Waals surface area contributed by atoms with Gasteiger partial charge in [0, 0.05) is 18.8 Å². The van der Waals surface area contributed by atoms with Crippen molar-refractivity contribution < 1.29 is 9.53 Å². The van der Waals surface area contributed by atoms with Crippen LogP contribution in [-0.2, 0) is 4.74 Å². The van der Waals surface area contributed by atoms with Crippen molar-refractivity contribution in [3.63, 3.8) is 0 Å². The highest BCUT2D eigenvalue weighted by Crippen LogP contribution is 2.34. The van der Waals surface area contributed by atoms with E-state index in [1.54, 1.807) is 0 Å². The molecule has 4 N–H and O–H groups in total. The second kappa shape index (κ2) is 6.48. The first kappa shape index (κ1) is 15.0. The highest BCUT2D eigenvalue weighted by Gasteiger charge is 2.29. The second-order valence-corrected chi connectivity index (χ2v) is 6.15. The molecule has 1 amide bonds. The predicted molar refractivity (Wildman–Crippen MR) is 83.8 cm³/mol. The molecule has 1 saturated heterocycles. The molecule has 2 aliphatic rings. The van der Waals surface area contributed by atoms with Crippen LogP contribution in [0.5, 0.6) is 0 Å². The van der Waals surface area contributed by atoms with Crippen molar-refractivity contribution in [1.82, 2.24) is 9.97 Å². The first-order valence-electron chi connectivity index (χ1n) is 7.91. The number of nitrogens with two attached hydrogens (primary N) is 1. The third-order valence-corrected chi connectivity index (χ3v) is 4.24. The highest BCUT2D eigenvalue weighted by atomic mass is 16.5. The fourth-order valence-electron chi connectivity index (χ4n) is 2.71. The van der Waals surface area contributed by atoms with Gasteiger partial charge in [0.1, 0.15) is 5.82 Å². The summed E-state index contributed by atoms with van der Waals surface area (Å²) in [7, 11) is 0. The molecule has 0 aromatic carbocycles. The van der Waals surface area contributed by atoms with Crippen LogP contribution in [0.15, 0.2) is 6.20 Å². The number of amides is 1. The van der Waals surface area contributed by atoms with Gasteiger partial charge in [-0.3, -0.25) is 4.79 Å².